The Bertz CT molecular complexity index is 556. The fourth-order valence-electron chi connectivity index (χ4n) is 2.71. The van der Waals surface area contributed by atoms with Crippen molar-refractivity contribution in [3.63, 3.8) is 0 Å². The predicted molar refractivity (Wildman–Crippen MR) is 77.3 cm³/mol. The van der Waals surface area contributed by atoms with Crippen LogP contribution in [0.1, 0.15) is 45.7 Å². The van der Waals surface area contributed by atoms with Gasteiger partial charge in [0, 0.05) is 0 Å². The van der Waals surface area contributed by atoms with E-state index in [1.54, 1.807) is 6.26 Å². The van der Waals surface area contributed by atoms with Crippen LogP contribution in [0.25, 0.3) is 0 Å². The molecule has 1 nitrogen and oxygen atoms in total. The maximum absolute atomic E-state index is 5.58. The van der Waals surface area contributed by atoms with E-state index in [9.17, 15) is 0 Å². The number of fused-ring (bicyclic) bond motifs is 1. The molecule has 1 heterocycles. The van der Waals surface area contributed by atoms with Crippen molar-refractivity contribution in [1.82, 2.24) is 0 Å². The number of alkyl halides is 1. The van der Waals surface area contributed by atoms with E-state index in [4.69, 9.17) is 4.42 Å². The third-order valence-electron chi connectivity index (χ3n) is 3.80. The van der Waals surface area contributed by atoms with E-state index in [1.165, 1.54) is 47.9 Å². The van der Waals surface area contributed by atoms with Crippen molar-refractivity contribution in [3.8, 4) is 0 Å². The van der Waals surface area contributed by atoms with Gasteiger partial charge in [0.05, 0.1) is 11.1 Å². The molecule has 1 unspecified atom stereocenters. The molecule has 2 aromatic rings. The minimum atomic E-state index is 0.166. The molecule has 0 aliphatic heterocycles. The number of furan rings is 1. The van der Waals surface area contributed by atoms with Gasteiger partial charge in [0.2, 0.25) is 0 Å². The number of rotatable bonds is 2. The zero-order chi connectivity index (χ0) is 12.5. The quantitative estimate of drug-likeness (QED) is 0.715. The van der Waals surface area contributed by atoms with E-state index >= 15 is 0 Å². The molecule has 2 heteroatoms. The largest absolute Gasteiger partial charge is 0.468 e. The first-order chi connectivity index (χ1) is 8.75. The molecule has 3 rings (SSSR count). The van der Waals surface area contributed by atoms with Gasteiger partial charge in [-0.3, -0.25) is 0 Å². The standard InChI is InChI=1S/C16H17BrO/c1-11-8-9-18-16(11)15(17)14-7-6-12-4-2-3-5-13(12)10-14/h6-10,15H,2-5H2,1H3. The second-order valence-corrected chi connectivity index (χ2v) is 5.98. The number of aryl methyl sites for hydroxylation is 3. The Labute approximate surface area is 116 Å². The van der Waals surface area contributed by atoms with Gasteiger partial charge in [-0.05, 0) is 60.9 Å². The summed E-state index contributed by atoms with van der Waals surface area (Å²) in [4.78, 5) is 0.166. The van der Waals surface area contributed by atoms with Gasteiger partial charge in [0.25, 0.3) is 0 Å². The summed E-state index contributed by atoms with van der Waals surface area (Å²) in [5.74, 6) is 1.02. The predicted octanol–water partition coefficient (Wildman–Crippen LogP) is 4.95. The van der Waals surface area contributed by atoms with Crippen molar-refractivity contribution < 1.29 is 4.42 Å². The van der Waals surface area contributed by atoms with Crippen LogP contribution < -0.4 is 0 Å². The molecule has 0 fully saturated rings. The highest BCUT2D eigenvalue weighted by atomic mass is 79.9. The molecule has 1 aliphatic rings. The van der Waals surface area contributed by atoms with Crippen LogP contribution in [0, 0.1) is 6.92 Å². The number of halogens is 1. The lowest BCUT2D eigenvalue weighted by Gasteiger charge is -2.18. The molecule has 1 atom stereocenters. The summed E-state index contributed by atoms with van der Waals surface area (Å²) in [7, 11) is 0. The lowest BCUT2D eigenvalue weighted by atomic mass is 9.89. The topological polar surface area (TPSA) is 13.1 Å². The fourth-order valence-corrected chi connectivity index (χ4v) is 3.46. The minimum Gasteiger partial charge on any atom is -0.468 e. The van der Waals surface area contributed by atoms with Gasteiger partial charge in [-0.1, -0.05) is 34.1 Å². The molecule has 0 saturated heterocycles. The van der Waals surface area contributed by atoms with Gasteiger partial charge in [-0.25, -0.2) is 0 Å². The lowest BCUT2D eigenvalue weighted by Crippen LogP contribution is -2.04. The van der Waals surface area contributed by atoms with Gasteiger partial charge >= 0.3 is 0 Å². The Balaban J connectivity index is 1.95. The van der Waals surface area contributed by atoms with Crippen molar-refractivity contribution in [2.24, 2.45) is 0 Å². The second kappa shape index (κ2) is 4.93. The summed E-state index contributed by atoms with van der Waals surface area (Å²) in [6.45, 7) is 2.09. The molecular weight excluding hydrogens is 288 g/mol. The smallest absolute Gasteiger partial charge is 0.124 e. The monoisotopic (exact) mass is 304 g/mol. The van der Waals surface area contributed by atoms with E-state index in [2.05, 4.69) is 41.1 Å². The average molecular weight is 305 g/mol. The van der Waals surface area contributed by atoms with Crippen LogP contribution in [-0.2, 0) is 12.8 Å². The van der Waals surface area contributed by atoms with E-state index in [1.807, 2.05) is 6.07 Å². The molecule has 0 radical (unpaired) electrons. The molecule has 0 bridgehead atoms. The minimum absolute atomic E-state index is 0.166. The Kier molecular flexibility index (Phi) is 3.29. The van der Waals surface area contributed by atoms with E-state index < -0.39 is 0 Å². The first-order valence-electron chi connectivity index (χ1n) is 6.55. The molecule has 1 aromatic heterocycles. The Morgan fingerprint density at radius 2 is 1.89 bits per heavy atom. The van der Waals surface area contributed by atoms with Crippen molar-refractivity contribution in [2.75, 3.05) is 0 Å². The van der Waals surface area contributed by atoms with Crippen LogP contribution in [0.15, 0.2) is 34.9 Å². The zero-order valence-corrected chi connectivity index (χ0v) is 12.2. The number of hydrogen-bond acceptors (Lipinski definition) is 1. The Morgan fingerprint density at radius 3 is 2.61 bits per heavy atom. The van der Waals surface area contributed by atoms with Crippen molar-refractivity contribution in [2.45, 2.75) is 37.4 Å². The molecule has 0 amide bonds. The molecule has 1 aliphatic carbocycles. The Hall–Kier alpha value is -1.02. The molecule has 18 heavy (non-hydrogen) atoms. The molecule has 0 saturated carbocycles. The van der Waals surface area contributed by atoms with Crippen molar-refractivity contribution in [3.05, 3.63) is 58.5 Å². The summed E-state index contributed by atoms with van der Waals surface area (Å²) in [5, 5.41) is 0. The maximum Gasteiger partial charge on any atom is 0.124 e. The summed E-state index contributed by atoms with van der Waals surface area (Å²) < 4.78 is 5.58. The Morgan fingerprint density at radius 1 is 1.11 bits per heavy atom. The molecule has 0 N–H and O–H groups in total. The first kappa shape index (κ1) is 12.0. The first-order valence-corrected chi connectivity index (χ1v) is 7.47. The third-order valence-corrected chi connectivity index (χ3v) is 4.74. The van der Waals surface area contributed by atoms with Crippen LogP contribution in [0.5, 0.6) is 0 Å². The van der Waals surface area contributed by atoms with E-state index in [0.29, 0.717) is 0 Å². The number of benzene rings is 1. The highest BCUT2D eigenvalue weighted by Gasteiger charge is 2.18. The second-order valence-electron chi connectivity index (χ2n) is 5.07. The maximum atomic E-state index is 5.58. The normalized spacial score (nSPS) is 16.3. The lowest BCUT2D eigenvalue weighted by molar-refractivity contribution is 0.517. The summed E-state index contributed by atoms with van der Waals surface area (Å²) in [5.41, 5.74) is 5.55. The average Bonchev–Trinajstić information content (AvgIpc) is 2.83. The zero-order valence-electron chi connectivity index (χ0n) is 10.6. The van der Waals surface area contributed by atoms with Gasteiger partial charge in [0.1, 0.15) is 5.76 Å². The van der Waals surface area contributed by atoms with Crippen molar-refractivity contribution >= 4 is 15.9 Å². The highest BCUT2D eigenvalue weighted by Crippen LogP contribution is 2.35. The summed E-state index contributed by atoms with van der Waals surface area (Å²) >= 11 is 3.76. The van der Waals surface area contributed by atoms with Crippen molar-refractivity contribution in [1.29, 1.82) is 0 Å². The highest BCUT2D eigenvalue weighted by molar-refractivity contribution is 9.09. The third kappa shape index (κ3) is 2.14. The SMILES string of the molecule is Cc1ccoc1C(Br)c1ccc2c(c1)CCCC2. The molecule has 1 aromatic carbocycles. The summed E-state index contributed by atoms with van der Waals surface area (Å²) in [6, 6.07) is 8.87. The van der Waals surface area contributed by atoms with Crippen LogP contribution in [0.4, 0.5) is 0 Å². The van der Waals surface area contributed by atoms with Crippen LogP contribution in [0.3, 0.4) is 0 Å². The number of hydrogen-bond donors (Lipinski definition) is 0. The van der Waals surface area contributed by atoms with Gasteiger partial charge in [0.15, 0.2) is 0 Å². The van der Waals surface area contributed by atoms with Gasteiger partial charge in [-0.15, -0.1) is 0 Å². The molecular formula is C16H17BrO. The van der Waals surface area contributed by atoms with E-state index in [0.717, 1.165) is 5.76 Å². The van der Waals surface area contributed by atoms with Crippen LogP contribution in [-0.4, -0.2) is 0 Å². The van der Waals surface area contributed by atoms with Gasteiger partial charge < -0.3 is 4.42 Å². The molecule has 94 valence electrons. The van der Waals surface area contributed by atoms with Crippen LogP contribution >= 0.6 is 15.9 Å². The summed E-state index contributed by atoms with van der Waals surface area (Å²) in [6.07, 6.45) is 6.88. The van der Waals surface area contributed by atoms with Crippen LogP contribution in [0.2, 0.25) is 0 Å². The van der Waals surface area contributed by atoms with E-state index in [-0.39, 0.29) is 4.83 Å². The molecule has 0 spiro atoms. The fraction of sp³-hybridized carbons (Fsp3) is 0.375. The van der Waals surface area contributed by atoms with Gasteiger partial charge in [-0.2, -0.15) is 0 Å².